The van der Waals surface area contributed by atoms with E-state index in [2.05, 4.69) is 10.2 Å². The van der Waals surface area contributed by atoms with Crippen molar-refractivity contribution in [1.82, 2.24) is 10.2 Å². The zero-order valence-corrected chi connectivity index (χ0v) is 14.0. The van der Waals surface area contributed by atoms with Gasteiger partial charge in [0.1, 0.15) is 0 Å². The zero-order valence-electron chi connectivity index (χ0n) is 13.2. The monoisotopic (exact) mass is 328 g/mol. The van der Waals surface area contributed by atoms with Crippen LogP contribution in [0.15, 0.2) is 18.2 Å². The van der Waals surface area contributed by atoms with Crippen LogP contribution in [0.5, 0.6) is 5.75 Å². The number of rotatable bonds is 4. The summed E-state index contributed by atoms with van der Waals surface area (Å²) in [6.07, 6.45) is 5.08. The summed E-state index contributed by atoms with van der Waals surface area (Å²) in [7, 11) is 1.57. The number of nitrogens with zero attached hydrogens (tertiary/aromatic N) is 1. The number of ether oxygens (including phenoxy) is 1. The van der Waals surface area contributed by atoms with E-state index < -0.39 is 0 Å². The number of nitrogens with one attached hydrogen (secondary N) is 1. The summed E-state index contributed by atoms with van der Waals surface area (Å²) in [4.78, 5) is 2.52. The number of benzene rings is 1. The molecule has 0 spiro atoms. The first-order valence-corrected chi connectivity index (χ1v) is 8.08. The van der Waals surface area contributed by atoms with Gasteiger partial charge in [0.15, 0.2) is 11.6 Å². The number of methoxy groups -OCH3 is 1. The molecule has 1 aliphatic carbocycles. The molecule has 22 heavy (non-hydrogen) atoms. The summed E-state index contributed by atoms with van der Waals surface area (Å²) in [5, 5.41) is 3.40. The molecule has 0 bridgehead atoms. The molecule has 1 aromatic rings. The van der Waals surface area contributed by atoms with Gasteiger partial charge in [0.05, 0.1) is 7.11 Å². The van der Waals surface area contributed by atoms with Gasteiger partial charge in [-0.2, -0.15) is 0 Å². The maximum absolute atomic E-state index is 14.1. The van der Waals surface area contributed by atoms with Gasteiger partial charge in [0.25, 0.3) is 0 Å². The summed E-state index contributed by atoms with van der Waals surface area (Å²) >= 11 is 0. The molecule has 3 nitrogen and oxygen atoms in total. The van der Waals surface area contributed by atoms with E-state index in [0.717, 1.165) is 31.7 Å². The third-order valence-electron chi connectivity index (χ3n) is 4.91. The van der Waals surface area contributed by atoms with Gasteiger partial charge in [-0.05, 0) is 24.8 Å². The highest BCUT2D eigenvalue weighted by Crippen LogP contribution is 2.43. The Balaban J connectivity index is 0.00000176. The van der Waals surface area contributed by atoms with Gasteiger partial charge in [-0.1, -0.05) is 25.0 Å². The topological polar surface area (TPSA) is 24.5 Å². The highest BCUT2D eigenvalue weighted by atomic mass is 35.5. The molecule has 0 unspecified atom stereocenters. The van der Waals surface area contributed by atoms with Gasteiger partial charge < -0.3 is 10.1 Å². The molecule has 2 fully saturated rings. The second kappa shape index (κ2) is 8.14. The van der Waals surface area contributed by atoms with Gasteiger partial charge >= 0.3 is 0 Å². The molecule has 1 atom stereocenters. The molecule has 1 heterocycles. The number of hydrogen-bond donors (Lipinski definition) is 1. The Morgan fingerprint density at radius 3 is 2.55 bits per heavy atom. The van der Waals surface area contributed by atoms with E-state index in [9.17, 15) is 4.39 Å². The van der Waals surface area contributed by atoms with Crippen LogP contribution in [-0.4, -0.2) is 38.2 Å². The number of halogens is 2. The molecule has 1 saturated carbocycles. The molecule has 0 radical (unpaired) electrons. The minimum absolute atomic E-state index is 0. The maximum atomic E-state index is 14.1. The lowest BCUT2D eigenvalue weighted by Crippen LogP contribution is -2.46. The maximum Gasteiger partial charge on any atom is 0.165 e. The quantitative estimate of drug-likeness (QED) is 0.917. The first-order chi connectivity index (χ1) is 10.3. The Kier molecular flexibility index (Phi) is 6.48. The van der Waals surface area contributed by atoms with Crippen LogP contribution in [-0.2, 0) is 0 Å². The SMILES string of the molecule is COc1c(F)cccc1[C@H](C1CCCC1)N1CCNCC1.Cl. The lowest BCUT2D eigenvalue weighted by atomic mass is 9.89. The van der Waals surface area contributed by atoms with Crippen molar-refractivity contribution in [2.45, 2.75) is 31.7 Å². The van der Waals surface area contributed by atoms with Gasteiger partial charge in [-0.15, -0.1) is 12.4 Å². The molecule has 1 aliphatic heterocycles. The molecule has 1 aromatic carbocycles. The van der Waals surface area contributed by atoms with Crippen LogP contribution >= 0.6 is 12.4 Å². The summed E-state index contributed by atoms with van der Waals surface area (Å²) in [5.41, 5.74) is 1.03. The van der Waals surface area contributed by atoms with Crippen molar-refractivity contribution >= 4 is 12.4 Å². The highest BCUT2D eigenvalue weighted by Gasteiger charge is 2.34. The molecule has 1 saturated heterocycles. The molecular weight excluding hydrogens is 303 g/mol. The Hall–Kier alpha value is -0.840. The number of piperazine rings is 1. The van der Waals surface area contributed by atoms with Gasteiger partial charge in [0.2, 0.25) is 0 Å². The standard InChI is InChI=1S/C17H25FN2O.ClH/c1-21-17-14(7-4-8-15(17)18)16(13-5-2-3-6-13)20-11-9-19-10-12-20;/h4,7-8,13,16,19H,2-3,5-6,9-12H2,1H3;1H/t16-;/m0./s1. The predicted molar refractivity (Wildman–Crippen MR) is 89.3 cm³/mol. The van der Waals surface area contributed by atoms with Crippen molar-refractivity contribution in [3.63, 3.8) is 0 Å². The molecule has 0 aromatic heterocycles. The van der Waals surface area contributed by atoms with E-state index in [4.69, 9.17) is 4.74 Å². The largest absolute Gasteiger partial charge is 0.493 e. The summed E-state index contributed by atoms with van der Waals surface area (Å²) < 4.78 is 19.5. The average Bonchev–Trinajstić information content (AvgIpc) is 3.03. The van der Waals surface area contributed by atoms with Crippen LogP contribution in [0.1, 0.15) is 37.3 Å². The van der Waals surface area contributed by atoms with E-state index in [1.807, 2.05) is 12.1 Å². The van der Waals surface area contributed by atoms with Crippen LogP contribution in [0, 0.1) is 11.7 Å². The van der Waals surface area contributed by atoms with Crippen molar-refractivity contribution in [2.24, 2.45) is 5.92 Å². The van der Waals surface area contributed by atoms with Crippen LogP contribution in [0.4, 0.5) is 4.39 Å². The predicted octanol–water partition coefficient (Wildman–Crippen LogP) is 3.39. The van der Waals surface area contributed by atoms with Crippen molar-refractivity contribution < 1.29 is 9.13 Å². The molecule has 3 rings (SSSR count). The minimum atomic E-state index is -0.242. The van der Waals surface area contributed by atoms with E-state index >= 15 is 0 Å². The van der Waals surface area contributed by atoms with E-state index in [0.29, 0.717) is 17.7 Å². The number of para-hydroxylation sites is 1. The smallest absolute Gasteiger partial charge is 0.165 e. The van der Waals surface area contributed by atoms with E-state index in [-0.39, 0.29) is 18.2 Å². The van der Waals surface area contributed by atoms with Crippen molar-refractivity contribution in [3.05, 3.63) is 29.6 Å². The van der Waals surface area contributed by atoms with Gasteiger partial charge in [-0.3, -0.25) is 4.90 Å². The molecule has 0 amide bonds. The van der Waals surface area contributed by atoms with E-state index in [1.165, 1.54) is 31.7 Å². The Morgan fingerprint density at radius 1 is 1.23 bits per heavy atom. The van der Waals surface area contributed by atoms with Crippen molar-refractivity contribution in [3.8, 4) is 5.75 Å². The highest BCUT2D eigenvalue weighted by molar-refractivity contribution is 5.85. The fraction of sp³-hybridized carbons (Fsp3) is 0.647. The van der Waals surface area contributed by atoms with Crippen LogP contribution in [0.3, 0.4) is 0 Å². The lowest BCUT2D eigenvalue weighted by molar-refractivity contribution is 0.122. The second-order valence-electron chi connectivity index (χ2n) is 6.14. The second-order valence-corrected chi connectivity index (χ2v) is 6.14. The molecule has 124 valence electrons. The third kappa shape index (κ3) is 3.55. The van der Waals surface area contributed by atoms with Gasteiger partial charge in [-0.25, -0.2) is 4.39 Å². The van der Waals surface area contributed by atoms with Gasteiger partial charge in [0, 0.05) is 37.8 Å². The molecular formula is C17H26ClFN2O. The fourth-order valence-corrected chi connectivity index (χ4v) is 3.96. The Bertz CT molecular complexity index is 474. The lowest BCUT2D eigenvalue weighted by Gasteiger charge is -2.39. The summed E-state index contributed by atoms with van der Waals surface area (Å²) in [5.74, 6) is 0.819. The summed E-state index contributed by atoms with van der Waals surface area (Å²) in [6, 6.07) is 5.65. The molecule has 2 aliphatic rings. The minimum Gasteiger partial charge on any atom is -0.493 e. The average molecular weight is 329 g/mol. The van der Waals surface area contributed by atoms with E-state index in [1.54, 1.807) is 7.11 Å². The first kappa shape index (κ1) is 17.5. The normalized spacial score (nSPS) is 21.4. The molecule has 5 heteroatoms. The first-order valence-electron chi connectivity index (χ1n) is 8.08. The molecule has 1 N–H and O–H groups in total. The van der Waals surface area contributed by atoms with Crippen molar-refractivity contribution in [1.29, 1.82) is 0 Å². The fourth-order valence-electron chi connectivity index (χ4n) is 3.96. The Labute approximate surface area is 138 Å². The zero-order chi connectivity index (χ0) is 14.7. The Morgan fingerprint density at radius 2 is 1.91 bits per heavy atom. The third-order valence-corrected chi connectivity index (χ3v) is 4.91. The van der Waals surface area contributed by atoms with Crippen LogP contribution in [0.25, 0.3) is 0 Å². The summed E-state index contributed by atoms with van der Waals surface area (Å²) in [6.45, 7) is 4.09. The van der Waals surface area contributed by atoms with Crippen LogP contribution in [0.2, 0.25) is 0 Å². The number of hydrogen-bond acceptors (Lipinski definition) is 3. The van der Waals surface area contributed by atoms with Crippen molar-refractivity contribution in [2.75, 3.05) is 33.3 Å². The van der Waals surface area contributed by atoms with Crippen LogP contribution < -0.4 is 10.1 Å².